The molecule has 2 rings (SSSR count). The molecule has 96 valence electrons. The second-order valence-electron chi connectivity index (χ2n) is 4.26. The zero-order valence-corrected chi connectivity index (χ0v) is 10.7. The predicted molar refractivity (Wildman–Crippen MR) is 70.1 cm³/mol. The Morgan fingerprint density at radius 2 is 2.17 bits per heavy atom. The van der Waals surface area contributed by atoms with Gasteiger partial charge in [0.25, 0.3) is 0 Å². The first-order valence-electron chi connectivity index (χ1n) is 5.63. The zero-order valence-electron chi connectivity index (χ0n) is 9.98. The maximum atomic E-state index is 10.8. The van der Waals surface area contributed by atoms with E-state index in [-0.39, 0.29) is 13.0 Å². The smallest absolute Gasteiger partial charge is 0.307 e. The van der Waals surface area contributed by atoms with Gasteiger partial charge in [0.15, 0.2) is 0 Å². The Morgan fingerprint density at radius 1 is 1.44 bits per heavy atom. The first kappa shape index (κ1) is 12.9. The fourth-order valence-electron chi connectivity index (χ4n) is 2.09. The Bertz CT molecular complexity index is 604. The number of fused-ring (bicyclic) bond motifs is 1. The Balaban J connectivity index is 2.64. The Labute approximate surface area is 109 Å². The lowest BCUT2D eigenvalue weighted by Crippen LogP contribution is -2.01. The number of hydrogen-bond donors (Lipinski definition) is 2. The zero-order chi connectivity index (χ0) is 13.3. The molecule has 2 N–H and O–H groups in total. The average molecular weight is 268 g/mol. The number of aromatic nitrogens is 1. The Morgan fingerprint density at radius 3 is 2.78 bits per heavy atom. The average Bonchev–Trinajstić information content (AvgIpc) is 2.58. The SMILES string of the molecule is Cc1cc2c(CC(=O)O)cn(CCO)c2cc1Cl. The number of halogens is 1. The highest BCUT2D eigenvalue weighted by Crippen LogP contribution is 2.28. The molecule has 0 bridgehead atoms. The first-order valence-corrected chi connectivity index (χ1v) is 6.01. The molecule has 2 aromatic rings. The van der Waals surface area contributed by atoms with Crippen LogP contribution in [0, 0.1) is 6.92 Å². The van der Waals surface area contributed by atoms with Crippen LogP contribution in [-0.4, -0.2) is 27.4 Å². The van der Waals surface area contributed by atoms with Gasteiger partial charge in [-0.25, -0.2) is 0 Å². The summed E-state index contributed by atoms with van der Waals surface area (Å²) < 4.78 is 1.83. The third kappa shape index (κ3) is 2.35. The van der Waals surface area contributed by atoms with E-state index in [9.17, 15) is 4.79 Å². The van der Waals surface area contributed by atoms with Gasteiger partial charge in [-0.05, 0) is 30.2 Å². The van der Waals surface area contributed by atoms with Crippen LogP contribution in [-0.2, 0) is 17.8 Å². The van der Waals surface area contributed by atoms with Gasteiger partial charge in [-0.2, -0.15) is 0 Å². The number of carboxylic acids is 1. The first-order chi connectivity index (χ1) is 8.52. The van der Waals surface area contributed by atoms with Crippen LogP contribution in [0.25, 0.3) is 10.9 Å². The number of aliphatic carboxylic acids is 1. The second kappa shape index (κ2) is 5.00. The highest BCUT2D eigenvalue weighted by atomic mass is 35.5. The standard InChI is InChI=1S/C13H14ClNO3/c1-8-4-10-9(5-13(17)18)7-15(2-3-16)12(10)6-11(8)14/h4,6-7,16H,2-3,5H2,1H3,(H,17,18). The summed E-state index contributed by atoms with van der Waals surface area (Å²) in [5.74, 6) is -0.870. The maximum Gasteiger partial charge on any atom is 0.307 e. The predicted octanol–water partition coefficient (Wildman–Crippen LogP) is 2.22. The van der Waals surface area contributed by atoms with Crippen LogP contribution in [0.4, 0.5) is 0 Å². The Hall–Kier alpha value is -1.52. The number of carboxylic acid groups (broad SMARTS) is 1. The van der Waals surface area contributed by atoms with Crippen LogP contribution in [0.15, 0.2) is 18.3 Å². The van der Waals surface area contributed by atoms with E-state index in [0.717, 1.165) is 22.0 Å². The minimum absolute atomic E-state index is 0.00177. The molecule has 0 aliphatic carbocycles. The summed E-state index contributed by atoms with van der Waals surface area (Å²) in [6, 6.07) is 3.71. The number of carbonyl (C=O) groups is 1. The quantitative estimate of drug-likeness (QED) is 0.893. The lowest BCUT2D eigenvalue weighted by molar-refractivity contribution is -0.136. The summed E-state index contributed by atoms with van der Waals surface area (Å²) in [6.07, 6.45) is 1.74. The molecule has 0 amide bonds. The van der Waals surface area contributed by atoms with Crippen LogP contribution in [0.2, 0.25) is 5.02 Å². The fraction of sp³-hybridized carbons (Fsp3) is 0.308. The fourth-order valence-corrected chi connectivity index (χ4v) is 2.25. The molecule has 0 aliphatic heterocycles. The highest BCUT2D eigenvalue weighted by molar-refractivity contribution is 6.32. The van der Waals surface area contributed by atoms with Crippen LogP contribution in [0.1, 0.15) is 11.1 Å². The summed E-state index contributed by atoms with van der Waals surface area (Å²) in [4.78, 5) is 10.8. The number of aryl methyl sites for hydroxylation is 1. The highest BCUT2D eigenvalue weighted by Gasteiger charge is 2.12. The molecule has 0 radical (unpaired) electrons. The van der Waals surface area contributed by atoms with Crippen molar-refractivity contribution in [1.82, 2.24) is 4.57 Å². The van der Waals surface area contributed by atoms with E-state index in [1.165, 1.54) is 0 Å². The third-order valence-electron chi connectivity index (χ3n) is 2.93. The van der Waals surface area contributed by atoms with E-state index in [4.69, 9.17) is 21.8 Å². The van der Waals surface area contributed by atoms with E-state index in [0.29, 0.717) is 11.6 Å². The number of benzene rings is 1. The van der Waals surface area contributed by atoms with Gasteiger partial charge in [-0.1, -0.05) is 11.6 Å². The molecule has 0 saturated carbocycles. The second-order valence-corrected chi connectivity index (χ2v) is 4.67. The number of aliphatic hydroxyl groups is 1. The molecular weight excluding hydrogens is 254 g/mol. The van der Waals surface area contributed by atoms with E-state index < -0.39 is 5.97 Å². The summed E-state index contributed by atoms with van der Waals surface area (Å²) >= 11 is 6.08. The number of hydrogen-bond acceptors (Lipinski definition) is 2. The van der Waals surface area contributed by atoms with Crippen molar-refractivity contribution in [3.05, 3.63) is 34.5 Å². The van der Waals surface area contributed by atoms with E-state index in [2.05, 4.69) is 0 Å². The summed E-state index contributed by atoms with van der Waals surface area (Å²) in [7, 11) is 0. The minimum Gasteiger partial charge on any atom is -0.481 e. The number of aliphatic hydroxyl groups excluding tert-OH is 1. The number of rotatable bonds is 4. The largest absolute Gasteiger partial charge is 0.481 e. The molecule has 5 heteroatoms. The molecular formula is C13H14ClNO3. The molecule has 1 aromatic heterocycles. The molecule has 0 atom stereocenters. The van der Waals surface area contributed by atoms with Crippen LogP contribution < -0.4 is 0 Å². The van der Waals surface area contributed by atoms with Gasteiger partial charge >= 0.3 is 5.97 Å². The van der Waals surface area contributed by atoms with Crippen molar-refractivity contribution in [2.75, 3.05) is 6.61 Å². The van der Waals surface area contributed by atoms with Gasteiger partial charge in [0.2, 0.25) is 0 Å². The normalized spacial score (nSPS) is 11.1. The molecule has 0 saturated heterocycles. The lowest BCUT2D eigenvalue weighted by Gasteiger charge is -2.04. The van der Waals surface area contributed by atoms with Crippen molar-refractivity contribution >= 4 is 28.5 Å². The lowest BCUT2D eigenvalue weighted by atomic mass is 10.1. The number of nitrogens with zero attached hydrogens (tertiary/aromatic N) is 1. The van der Waals surface area contributed by atoms with Gasteiger partial charge in [0.05, 0.1) is 13.0 Å². The van der Waals surface area contributed by atoms with Gasteiger partial charge in [0.1, 0.15) is 0 Å². The van der Waals surface area contributed by atoms with Gasteiger partial charge < -0.3 is 14.8 Å². The molecule has 0 fully saturated rings. The summed E-state index contributed by atoms with van der Waals surface area (Å²) in [5, 5.41) is 19.5. The van der Waals surface area contributed by atoms with Gasteiger partial charge in [0, 0.05) is 28.7 Å². The monoisotopic (exact) mass is 267 g/mol. The summed E-state index contributed by atoms with van der Waals surface area (Å²) in [6.45, 7) is 2.31. The van der Waals surface area contributed by atoms with Crippen LogP contribution in [0.3, 0.4) is 0 Å². The van der Waals surface area contributed by atoms with Gasteiger partial charge in [-0.3, -0.25) is 4.79 Å². The van der Waals surface area contributed by atoms with Gasteiger partial charge in [-0.15, -0.1) is 0 Å². The third-order valence-corrected chi connectivity index (χ3v) is 3.33. The van der Waals surface area contributed by atoms with Crippen LogP contribution in [0.5, 0.6) is 0 Å². The maximum absolute atomic E-state index is 10.8. The molecule has 0 spiro atoms. The summed E-state index contributed by atoms with van der Waals surface area (Å²) in [5.41, 5.74) is 2.51. The van der Waals surface area contributed by atoms with Crippen LogP contribution >= 0.6 is 11.6 Å². The van der Waals surface area contributed by atoms with E-state index in [1.54, 1.807) is 6.20 Å². The van der Waals surface area contributed by atoms with Crippen molar-refractivity contribution < 1.29 is 15.0 Å². The Kier molecular flexibility index (Phi) is 3.59. The molecule has 18 heavy (non-hydrogen) atoms. The van der Waals surface area contributed by atoms with Crippen molar-refractivity contribution in [3.8, 4) is 0 Å². The van der Waals surface area contributed by atoms with Crippen molar-refractivity contribution in [1.29, 1.82) is 0 Å². The molecule has 4 nitrogen and oxygen atoms in total. The minimum atomic E-state index is -0.870. The molecule has 1 heterocycles. The van der Waals surface area contributed by atoms with Crippen molar-refractivity contribution in [2.24, 2.45) is 0 Å². The van der Waals surface area contributed by atoms with E-state index >= 15 is 0 Å². The topological polar surface area (TPSA) is 62.5 Å². The van der Waals surface area contributed by atoms with Crippen molar-refractivity contribution in [3.63, 3.8) is 0 Å². The molecule has 1 aromatic carbocycles. The van der Waals surface area contributed by atoms with E-state index in [1.807, 2.05) is 23.6 Å². The van der Waals surface area contributed by atoms with Crippen molar-refractivity contribution in [2.45, 2.75) is 19.9 Å². The molecule has 0 aliphatic rings. The molecule has 0 unspecified atom stereocenters.